The van der Waals surface area contributed by atoms with Gasteiger partial charge in [-0.3, -0.25) is 0 Å². The normalized spacial score (nSPS) is 14.8. The zero-order valence-electron chi connectivity index (χ0n) is 9.35. The van der Waals surface area contributed by atoms with E-state index in [1.807, 2.05) is 0 Å². The van der Waals surface area contributed by atoms with Crippen molar-refractivity contribution in [2.45, 2.75) is 40.0 Å². The predicted octanol–water partition coefficient (Wildman–Crippen LogP) is 4.12. The minimum atomic E-state index is 1.19. The van der Waals surface area contributed by atoms with Crippen LogP contribution in [0.3, 0.4) is 0 Å². The highest BCUT2D eigenvalue weighted by atomic mass is 14.2. The summed E-state index contributed by atoms with van der Waals surface area (Å²) in [5.74, 6) is 0. The molecule has 0 aromatic heterocycles. The third-order valence-corrected chi connectivity index (χ3v) is 3.22. The maximum Gasteiger partial charge on any atom is -0.00550 e. The van der Waals surface area contributed by atoms with Crippen molar-refractivity contribution in [2.24, 2.45) is 0 Å². The minimum Gasteiger partial charge on any atom is -0.0651 e. The van der Waals surface area contributed by atoms with Crippen LogP contribution in [0.4, 0.5) is 0 Å². The number of hydrogen-bond acceptors (Lipinski definition) is 0. The number of rotatable bonds is 2. The van der Waals surface area contributed by atoms with Crippen molar-refractivity contribution < 1.29 is 0 Å². The molecule has 0 amide bonds. The first-order chi connectivity index (χ1) is 6.74. The molecule has 0 aliphatic heterocycles. The lowest BCUT2D eigenvalue weighted by atomic mass is 10.0. The maximum atomic E-state index is 2.28. The van der Waals surface area contributed by atoms with Gasteiger partial charge in [-0.2, -0.15) is 0 Å². The summed E-state index contributed by atoms with van der Waals surface area (Å²) in [7, 11) is 0. The molecular formula is C14H18. The molecular weight excluding hydrogens is 168 g/mol. The van der Waals surface area contributed by atoms with E-state index in [2.05, 4.69) is 39.0 Å². The summed E-state index contributed by atoms with van der Waals surface area (Å²) in [6.07, 6.45) is 3.72. The van der Waals surface area contributed by atoms with E-state index in [4.69, 9.17) is 0 Å². The monoisotopic (exact) mass is 186 g/mol. The zero-order valence-corrected chi connectivity index (χ0v) is 9.35. The Morgan fingerprint density at radius 2 is 2.00 bits per heavy atom. The Kier molecular flexibility index (Phi) is 2.45. The van der Waals surface area contributed by atoms with E-state index in [0.717, 1.165) is 0 Å². The number of benzene rings is 1. The van der Waals surface area contributed by atoms with Crippen molar-refractivity contribution in [1.82, 2.24) is 0 Å². The Morgan fingerprint density at radius 3 is 2.64 bits per heavy atom. The number of fused-ring (bicyclic) bond motifs is 1. The Morgan fingerprint density at radius 1 is 1.21 bits per heavy atom. The third-order valence-electron chi connectivity index (χ3n) is 3.22. The first-order valence-electron chi connectivity index (χ1n) is 5.51. The Hall–Kier alpha value is -1.04. The number of aryl methyl sites for hydroxylation is 1. The van der Waals surface area contributed by atoms with Gasteiger partial charge in [0, 0.05) is 0 Å². The molecule has 0 heteroatoms. The quantitative estimate of drug-likeness (QED) is 0.651. The minimum absolute atomic E-state index is 1.19. The highest BCUT2D eigenvalue weighted by Crippen LogP contribution is 2.36. The topological polar surface area (TPSA) is 0 Å². The van der Waals surface area contributed by atoms with Gasteiger partial charge in [-0.1, -0.05) is 37.1 Å². The molecule has 0 radical (unpaired) electrons. The van der Waals surface area contributed by atoms with Crippen LogP contribution in [-0.2, 0) is 6.42 Å². The third kappa shape index (κ3) is 1.39. The predicted molar refractivity (Wildman–Crippen MR) is 62.4 cm³/mol. The standard InChI is InChI=1S/C14H18/c1-4-6-12-9-13-8-5-7-10(2)14(13)11(12)3/h5,7-8H,4,6,9H2,1-3H3. The van der Waals surface area contributed by atoms with Crippen molar-refractivity contribution in [3.63, 3.8) is 0 Å². The molecule has 0 heterocycles. The van der Waals surface area contributed by atoms with Gasteiger partial charge in [-0.25, -0.2) is 0 Å². The summed E-state index contributed by atoms with van der Waals surface area (Å²) in [6.45, 7) is 6.76. The van der Waals surface area contributed by atoms with Crippen LogP contribution in [0.2, 0.25) is 0 Å². The van der Waals surface area contributed by atoms with Crippen molar-refractivity contribution in [3.05, 3.63) is 40.5 Å². The Bertz CT molecular complexity index is 383. The maximum absolute atomic E-state index is 2.28. The van der Waals surface area contributed by atoms with Crippen LogP contribution in [-0.4, -0.2) is 0 Å². The second-order valence-corrected chi connectivity index (χ2v) is 4.26. The summed E-state index contributed by atoms with van der Waals surface area (Å²) in [6, 6.07) is 6.67. The van der Waals surface area contributed by atoms with Gasteiger partial charge in [0.25, 0.3) is 0 Å². The summed E-state index contributed by atoms with van der Waals surface area (Å²) >= 11 is 0. The fourth-order valence-corrected chi connectivity index (χ4v) is 2.53. The van der Waals surface area contributed by atoms with E-state index < -0.39 is 0 Å². The van der Waals surface area contributed by atoms with E-state index in [1.165, 1.54) is 36.0 Å². The molecule has 0 saturated heterocycles. The lowest BCUT2D eigenvalue weighted by Gasteiger charge is -2.04. The summed E-state index contributed by atoms with van der Waals surface area (Å²) in [4.78, 5) is 0. The molecule has 0 saturated carbocycles. The average Bonchev–Trinajstić information content (AvgIpc) is 2.46. The van der Waals surface area contributed by atoms with Crippen LogP contribution in [0.5, 0.6) is 0 Å². The summed E-state index contributed by atoms with van der Waals surface area (Å²) in [5.41, 5.74) is 7.68. The van der Waals surface area contributed by atoms with Crippen LogP contribution < -0.4 is 0 Å². The fraction of sp³-hybridized carbons (Fsp3) is 0.429. The van der Waals surface area contributed by atoms with Crippen LogP contribution >= 0.6 is 0 Å². The van der Waals surface area contributed by atoms with E-state index in [0.29, 0.717) is 0 Å². The molecule has 2 rings (SSSR count). The molecule has 74 valence electrons. The van der Waals surface area contributed by atoms with Crippen molar-refractivity contribution in [3.8, 4) is 0 Å². The van der Waals surface area contributed by atoms with Crippen LogP contribution in [0.25, 0.3) is 5.57 Å². The van der Waals surface area contributed by atoms with Crippen LogP contribution in [0, 0.1) is 6.92 Å². The van der Waals surface area contributed by atoms with E-state index in [1.54, 1.807) is 11.1 Å². The molecule has 1 aromatic carbocycles. The molecule has 14 heavy (non-hydrogen) atoms. The smallest absolute Gasteiger partial charge is 0.00550 e. The average molecular weight is 186 g/mol. The van der Waals surface area contributed by atoms with E-state index in [-0.39, 0.29) is 0 Å². The number of hydrogen-bond donors (Lipinski definition) is 0. The van der Waals surface area contributed by atoms with Crippen LogP contribution in [0.1, 0.15) is 43.4 Å². The molecule has 0 fully saturated rings. The van der Waals surface area contributed by atoms with Gasteiger partial charge in [0.15, 0.2) is 0 Å². The first-order valence-corrected chi connectivity index (χ1v) is 5.51. The molecule has 0 atom stereocenters. The summed E-state index contributed by atoms with van der Waals surface area (Å²) < 4.78 is 0. The SMILES string of the molecule is CCCC1=C(C)c2c(C)cccc2C1. The van der Waals surface area contributed by atoms with Gasteiger partial charge in [0.2, 0.25) is 0 Å². The summed E-state index contributed by atoms with van der Waals surface area (Å²) in [5, 5.41) is 0. The second kappa shape index (κ2) is 3.61. The molecule has 1 aromatic rings. The lowest BCUT2D eigenvalue weighted by molar-refractivity contribution is 0.883. The van der Waals surface area contributed by atoms with Crippen molar-refractivity contribution >= 4 is 5.57 Å². The highest BCUT2D eigenvalue weighted by Gasteiger charge is 2.18. The van der Waals surface area contributed by atoms with Gasteiger partial charge in [-0.05, 0) is 49.0 Å². The molecule has 0 N–H and O–H groups in total. The lowest BCUT2D eigenvalue weighted by Crippen LogP contribution is -1.86. The van der Waals surface area contributed by atoms with Gasteiger partial charge in [-0.15, -0.1) is 0 Å². The van der Waals surface area contributed by atoms with Crippen LogP contribution in [0.15, 0.2) is 23.8 Å². The largest absolute Gasteiger partial charge is 0.0651 e. The van der Waals surface area contributed by atoms with Gasteiger partial charge >= 0.3 is 0 Å². The first kappa shape index (κ1) is 9.51. The van der Waals surface area contributed by atoms with Gasteiger partial charge in [0.05, 0.1) is 0 Å². The van der Waals surface area contributed by atoms with Gasteiger partial charge < -0.3 is 0 Å². The van der Waals surface area contributed by atoms with Crippen molar-refractivity contribution in [2.75, 3.05) is 0 Å². The Labute approximate surface area is 86.7 Å². The van der Waals surface area contributed by atoms with Crippen molar-refractivity contribution in [1.29, 1.82) is 0 Å². The molecule has 0 spiro atoms. The highest BCUT2D eigenvalue weighted by molar-refractivity contribution is 5.77. The molecule has 0 bridgehead atoms. The molecule has 0 nitrogen and oxygen atoms in total. The van der Waals surface area contributed by atoms with E-state index in [9.17, 15) is 0 Å². The second-order valence-electron chi connectivity index (χ2n) is 4.26. The van der Waals surface area contributed by atoms with E-state index >= 15 is 0 Å². The molecule has 0 unspecified atom stereocenters. The molecule has 1 aliphatic carbocycles. The molecule has 1 aliphatic rings. The zero-order chi connectivity index (χ0) is 10.1. The Balaban J connectivity index is 2.45. The number of allylic oxidation sites excluding steroid dienone is 2. The fourth-order valence-electron chi connectivity index (χ4n) is 2.53. The van der Waals surface area contributed by atoms with Gasteiger partial charge in [0.1, 0.15) is 0 Å².